The first-order valence-electron chi connectivity index (χ1n) is 6.22. The summed E-state index contributed by atoms with van der Waals surface area (Å²) in [5.74, 6) is 0.903. The molecule has 4 heteroatoms. The molecule has 0 amide bonds. The van der Waals surface area contributed by atoms with Gasteiger partial charge in [-0.1, -0.05) is 29.8 Å². The molecule has 0 unspecified atom stereocenters. The molecule has 1 rings (SSSR count). The number of hydrogen-bond acceptors (Lipinski definition) is 2. The largest absolute Gasteiger partial charge is 0.495 e. The molecule has 0 saturated carbocycles. The molecule has 0 heterocycles. The molecule has 0 bridgehead atoms. The van der Waals surface area contributed by atoms with Gasteiger partial charge in [0.05, 0.1) is 11.6 Å². The average molecular weight is 379 g/mol. The van der Waals surface area contributed by atoms with Crippen LogP contribution in [0.1, 0.15) is 39.2 Å². The van der Waals surface area contributed by atoms with Gasteiger partial charge in [-0.15, -0.1) is 0 Å². The van der Waals surface area contributed by atoms with Crippen LogP contribution >= 0.6 is 31.9 Å². The Morgan fingerprint density at radius 2 is 1.83 bits per heavy atom. The summed E-state index contributed by atoms with van der Waals surface area (Å²) in [5.41, 5.74) is 1.34. The fraction of sp³-hybridized carbons (Fsp3) is 0.571. The molecule has 0 aromatic heterocycles. The molecule has 102 valence electrons. The standard InChI is InChI=1S/C14H21Br2NO/c1-5-14(3,6-2)17-9-10-7-11(15)8-12(16)13(10)18-4/h7-8,17H,5-6,9H2,1-4H3. The molecule has 0 fully saturated rings. The zero-order valence-corrected chi connectivity index (χ0v) is 14.6. The number of methoxy groups -OCH3 is 1. The van der Waals surface area contributed by atoms with Gasteiger partial charge < -0.3 is 10.1 Å². The van der Waals surface area contributed by atoms with Gasteiger partial charge in [-0.25, -0.2) is 0 Å². The Labute approximate surface area is 127 Å². The third kappa shape index (κ3) is 3.97. The smallest absolute Gasteiger partial charge is 0.137 e. The highest BCUT2D eigenvalue weighted by molar-refractivity contribution is 9.11. The van der Waals surface area contributed by atoms with Crippen LogP contribution in [0.3, 0.4) is 0 Å². The van der Waals surface area contributed by atoms with Crippen LogP contribution in [-0.2, 0) is 6.54 Å². The predicted octanol–water partition coefficient (Wildman–Crippen LogP) is 4.89. The summed E-state index contributed by atoms with van der Waals surface area (Å²) in [7, 11) is 1.70. The maximum Gasteiger partial charge on any atom is 0.137 e. The van der Waals surface area contributed by atoms with Gasteiger partial charge in [0.1, 0.15) is 5.75 Å². The van der Waals surface area contributed by atoms with Crippen LogP contribution in [0.5, 0.6) is 5.75 Å². The summed E-state index contributed by atoms with van der Waals surface area (Å²) in [6, 6.07) is 4.10. The van der Waals surface area contributed by atoms with Crippen molar-refractivity contribution in [1.82, 2.24) is 5.32 Å². The summed E-state index contributed by atoms with van der Waals surface area (Å²) < 4.78 is 7.49. The minimum Gasteiger partial charge on any atom is -0.495 e. The lowest BCUT2D eigenvalue weighted by Crippen LogP contribution is -2.40. The molecular formula is C14H21Br2NO. The Morgan fingerprint density at radius 3 is 2.33 bits per heavy atom. The lowest BCUT2D eigenvalue weighted by atomic mass is 9.95. The predicted molar refractivity (Wildman–Crippen MR) is 84.2 cm³/mol. The normalized spacial score (nSPS) is 11.7. The highest BCUT2D eigenvalue weighted by atomic mass is 79.9. The fourth-order valence-electron chi connectivity index (χ4n) is 1.78. The van der Waals surface area contributed by atoms with Crippen molar-refractivity contribution in [2.75, 3.05) is 7.11 Å². The van der Waals surface area contributed by atoms with E-state index in [1.807, 2.05) is 6.07 Å². The molecule has 1 N–H and O–H groups in total. The minimum absolute atomic E-state index is 0.180. The van der Waals surface area contributed by atoms with E-state index < -0.39 is 0 Å². The lowest BCUT2D eigenvalue weighted by molar-refractivity contribution is 0.325. The van der Waals surface area contributed by atoms with Crippen LogP contribution in [0, 0.1) is 0 Å². The average Bonchev–Trinajstić information content (AvgIpc) is 2.35. The number of rotatable bonds is 6. The maximum atomic E-state index is 5.46. The van der Waals surface area contributed by atoms with Gasteiger partial charge in [-0.05, 0) is 47.8 Å². The second-order valence-corrected chi connectivity index (χ2v) is 6.47. The van der Waals surface area contributed by atoms with Crippen molar-refractivity contribution in [3.05, 3.63) is 26.6 Å². The topological polar surface area (TPSA) is 21.3 Å². The molecule has 18 heavy (non-hydrogen) atoms. The summed E-state index contributed by atoms with van der Waals surface area (Å²) >= 11 is 7.05. The van der Waals surface area contributed by atoms with E-state index in [9.17, 15) is 0 Å². The van der Waals surface area contributed by atoms with E-state index in [0.29, 0.717) is 0 Å². The van der Waals surface area contributed by atoms with Crippen molar-refractivity contribution in [1.29, 1.82) is 0 Å². The summed E-state index contributed by atoms with van der Waals surface area (Å²) in [6.07, 6.45) is 2.22. The van der Waals surface area contributed by atoms with Crippen LogP contribution in [0.15, 0.2) is 21.1 Å². The van der Waals surface area contributed by atoms with Crippen molar-refractivity contribution in [3.8, 4) is 5.75 Å². The van der Waals surface area contributed by atoms with E-state index in [1.54, 1.807) is 7.11 Å². The number of halogens is 2. The van der Waals surface area contributed by atoms with Crippen molar-refractivity contribution < 1.29 is 4.74 Å². The molecule has 0 atom stereocenters. The number of nitrogens with one attached hydrogen (secondary N) is 1. The number of ether oxygens (including phenoxy) is 1. The Bertz CT molecular complexity index is 403. The van der Waals surface area contributed by atoms with Crippen molar-refractivity contribution in [2.45, 2.75) is 45.7 Å². The highest BCUT2D eigenvalue weighted by Crippen LogP contribution is 2.33. The van der Waals surface area contributed by atoms with Gasteiger partial charge in [0, 0.05) is 22.1 Å². The Morgan fingerprint density at radius 1 is 1.22 bits per heavy atom. The van der Waals surface area contributed by atoms with E-state index in [4.69, 9.17) is 4.74 Å². The second-order valence-electron chi connectivity index (χ2n) is 4.70. The van der Waals surface area contributed by atoms with Crippen LogP contribution in [0.25, 0.3) is 0 Å². The van der Waals surface area contributed by atoms with Crippen LogP contribution in [0.2, 0.25) is 0 Å². The Kier molecular flexibility index (Phi) is 6.15. The SMILES string of the molecule is CCC(C)(CC)NCc1cc(Br)cc(Br)c1OC. The first-order valence-corrected chi connectivity index (χ1v) is 7.81. The quantitative estimate of drug-likeness (QED) is 0.760. The summed E-state index contributed by atoms with van der Waals surface area (Å²) in [5, 5.41) is 3.62. The van der Waals surface area contributed by atoms with Crippen molar-refractivity contribution in [3.63, 3.8) is 0 Å². The molecule has 0 saturated heterocycles. The van der Waals surface area contributed by atoms with E-state index >= 15 is 0 Å². The second kappa shape index (κ2) is 6.92. The van der Waals surface area contributed by atoms with Gasteiger partial charge in [-0.3, -0.25) is 0 Å². The van der Waals surface area contributed by atoms with Crippen LogP contribution < -0.4 is 10.1 Å². The molecule has 0 aliphatic heterocycles. The molecule has 0 radical (unpaired) electrons. The maximum absolute atomic E-state index is 5.46. The van der Waals surface area contributed by atoms with Crippen molar-refractivity contribution >= 4 is 31.9 Å². The lowest BCUT2D eigenvalue weighted by Gasteiger charge is -2.29. The highest BCUT2D eigenvalue weighted by Gasteiger charge is 2.19. The number of hydrogen-bond donors (Lipinski definition) is 1. The van der Waals surface area contributed by atoms with E-state index in [1.165, 1.54) is 0 Å². The number of benzene rings is 1. The molecule has 0 aliphatic rings. The van der Waals surface area contributed by atoms with Gasteiger partial charge in [-0.2, -0.15) is 0 Å². The van der Waals surface area contributed by atoms with Gasteiger partial charge in [0.25, 0.3) is 0 Å². The molecule has 1 aromatic rings. The first kappa shape index (κ1) is 16.0. The monoisotopic (exact) mass is 377 g/mol. The Balaban J connectivity index is 2.90. The minimum atomic E-state index is 0.180. The first-order chi connectivity index (χ1) is 8.45. The zero-order valence-electron chi connectivity index (χ0n) is 11.4. The Hall–Kier alpha value is -0.0600. The molecular weight excluding hydrogens is 358 g/mol. The molecule has 1 aromatic carbocycles. The van der Waals surface area contributed by atoms with Crippen LogP contribution in [-0.4, -0.2) is 12.6 Å². The summed E-state index contributed by atoms with van der Waals surface area (Å²) in [6.45, 7) is 7.49. The molecule has 0 aliphatic carbocycles. The third-order valence-electron chi connectivity index (χ3n) is 3.56. The van der Waals surface area contributed by atoms with Crippen LogP contribution in [0.4, 0.5) is 0 Å². The molecule has 0 spiro atoms. The third-order valence-corrected chi connectivity index (χ3v) is 4.60. The molecule has 2 nitrogen and oxygen atoms in total. The van der Waals surface area contributed by atoms with Gasteiger partial charge >= 0.3 is 0 Å². The van der Waals surface area contributed by atoms with Crippen molar-refractivity contribution in [2.24, 2.45) is 0 Å². The zero-order chi connectivity index (χ0) is 13.8. The van der Waals surface area contributed by atoms with E-state index in [-0.39, 0.29) is 5.54 Å². The summed E-state index contributed by atoms with van der Waals surface area (Å²) in [4.78, 5) is 0. The van der Waals surface area contributed by atoms with E-state index in [0.717, 1.165) is 39.6 Å². The van der Waals surface area contributed by atoms with Gasteiger partial charge in [0.15, 0.2) is 0 Å². The fourth-order valence-corrected chi connectivity index (χ4v) is 3.26. The van der Waals surface area contributed by atoms with Gasteiger partial charge in [0.2, 0.25) is 0 Å². The van der Waals surface area contributed by atoms with E-state index in [2.05, 4.69) is 64.0 Å².